The molecule has 3 rings (SSSR count). The van der Waals surface area contributed by atoms with Gasteiger partial charge in [-0.2, -0.15) is 0 Å². The zero-order valence-corrected chi connectivity index (χ0v) is 20.1. The minimum Gasteiger partial charge on any atom is -0.492 e. The van der Waals surface area contributed by atoms with E-state index >= 15 is 0 Å². The normalized spacial score (nSPS) is 15.5. The highest BCUT2D eigenvalue weighted by atomic mass is 79.9. The molecule has 2 aromatic rings. The molecule has 0 bridgehead atoms. The number of thiocarbonyl (C=S) groups is 1. The molecule has 0 radical (unpaired) electrons. The van der Waals surface area contributed by atoms with Crippen molar-refractivity contribution in [1.82, 2.24) is 5.32 Å². The van der Waals surface area contributed by atoms with E-state index in [0.717, 1.165) is 35.4 Å². The van der Waals surface area contributed by atoms with Gasteiger partial charge >= 0.3 is 0 Å². The Labute approximate surface area is 196 Å². The molecular formula is C23H27BrN2O4S. The molecule has 1 unspecified atom stereocenters. The molecule has 31 heavy (non-hydrogen) atoms. The first kappa shape index (κ1) is 23.5. The highest BCUT2D eigenvalue weighted by Crippen LogP contribution is 2.24. The number of nitrogens with one attached hydrogen (secondary N) is 2. The van der Waals surface area contributed by atoms with Crippen molar-refractivity contribution < 1.29 is 19.0 Å². The Bertz CT molecular complexity index is 899. The quantitative estimate of drug-likeness (QED) is 0.481. The first-order chi connectivity index (χ1) is 14.9. The molecule has 1 amide bonds. The fourth-order valence-electron chi connectivity index (χ4n) is 2.99. The van der Waals surface area contributed by atoms with Crippen molar-refractivity contribution >= 4 is 44.9 Å². The number of benzene rings is 2. The van der Waals surface area contributed by atoms with Crippen LogP contribution in [-0.4, -0.2) is 36.9 Å². The van der Waals surface area contributed by atoms with Gasteiger partial charge in [-0.3, -0.25) is 10.1 Å². The van der Waals surface area contributed by atoms with Gasteiger partial charge in [-0.25, -0.2) is 0 Å². The summed E-state index contributed by atoms with van der Waals surface area (Å²) in [5, 5.41) is 5.93. The third kappa shape index (κ3) is 7.48. The lowest BCUT2D eigenvalue weighted by Gasteiger charge is -2.15. The maximum atomic E-state index is 12.8. The summed E-state index contributed by atoms with van der Waals surface area (Å²) in [5.74, 6) is 1.29. The summed E-state index contributed by atoms with van der Waals surface area (Å²) in [6, 6.07) is 12.7. The van der Waals surface area contributed by atoms with E-state index in [1.165, 1.54) is 0 Å². The Hall–Kier alpha value is -2.16. The Morgan fingerprint density at radius 2 is 2.00 bits per heavy atom. The Kier molecular flexibility index (Phi) is 8.69. The summed E-state index contributed by atoms with van der Waals surface area (Å²) in [7, 11) is 0. The summed E-state index contributed by atoms with van der Waals surface area (Å²) in [6.07, 6.45) is 2.30. The topological polar surface area (TPSA) is 68.8 Å². The zero-order chi connectivity index (χ0) is 22.2. The van der Waals surface area contributed by atoms with Crippen LogP contribution in [0.3, 0.4) is 0 Å². The van der Waals surface area contributed by atoms with Crippen molar-refractivity contribution in [3.8, 4) is 11.5 Å². The van der Waals surface area contributed by atoms with Crippen LogP contribution in [0.1, 0.15) is 37.0 Å². The third-order valence-corrected chi connectivity index (χ3v) is 5.25. The van der Waals surface area contributed by atoms with E-state index in [2.05, 4.69) is 40.4 Å². The molecule has 1 atom stereocenters. The van der Waals surface area contributed by atoms with E-state index in [1.807, 2.05) is 30.3 Å². The smallest absolute Gasteiger partial charge is 0.261 e. The number of ether oxygens (including phenoxy) is 3. The molecule has 8 heteroatoms. The average Bonchev–Trinajstić information content (AvgIpc) is 3.26. The van der Waals surface area contributed by atoms with Gasteiger partial charge in [0.05, 0.1) is 18.3 Å². The van der Waals surface area contributed by atoms with E-state index in [1.54, 1.807) is 12.1 Å². The van der Waals surface area contributed by atoms with E-state index in [4.69, 9.17) is 26.4 Å². The van der Waals surface area contributed by atoms with Crippen LogP contribution in [0.2, 0.25) is 0 Å². The molecule has 0 saturated carbocycles. The molecular weight excluding hydrogens is 480 g/mol. The third-order valence-electron chi connectivity index (χ3n) is 4.56. The highest BCUT2D eigenvalue weighted by molar-refractivity contribution is 9.10. The lowest BCUT2D eigenvalue weighted by Crippen LogP contribution is -2.34. The Morgan fingerprint density at radius 1 is 1.23 bits per heavy atom. The zero-order valence-electron chi connectivity index (χ0n) is 17.7. The SMILES string of the molecule is CC(C)COc1ccc(Br)cc1C(=O)NC(=S)Nc1ccc(OCC2CCCO2)cc1. The molecule has 1 aliphatic rings. The van der Waals surface area contributed by atoms with Crippen molar-refractivity contribution in [2.45, 2.75) is 32.8 Å². The number of carbonyl (C=O) groups is 1. The van der Waals surface area contributed by atoms with Gasteiger partial charge in [-0.1, -0.05) is 29.8 Å². The molecule has 2 N–H and O–H groups in total. The largest absolute Gasteiger partial charge is 0.492 e. The van der Waals surface area contributed by atoms with Crippen LogP contribution >= 0.6 is 28.1 Å². The fraction of sp³-hybridized carbons (Fsp3) is 0.391. The minimum atomic E-state index is -0.339. The van der Waals surface area contributed by atoms with Gasteiger partial charge < -0.3 is 19.5 Å². The molecule has 0 spiro atoms. The van der Waals surface area contributed by atoms with Crippen LogP contribution in [0.25, 0.3) is 0 Å². The number of halogens is 1. The van der Waals surface area contributed by atoms with Crippen molar-refractivity contribution in [2.75, 3.05) is 25.1 Å². The van der Waals surface area contributed by atoms with Crippen LogP contribution in [0, 0.1) is 5.92 Å². The highest BCUT2D eigenvalue weighted by Gasteiger charge is 2.17. The van der Waals surface area contributed by atoms with Crippen LogP contribution in [0.5, 0.6) is 11.5 Å². The second-order valence-corrected chi connectivity index (χ2v) is 9.05. The molecule has 2 aromatic carbocycles. The van der Waals surface area contributed by atoms with Crippen LogP contribution < -0.4 is 20.1 Å². The van der Waals surface area contributed by atoms with Gasteiger partial charge in [-0.05, 0) is 73.4 Å². The molecule has 6 nitrogen and oxygen atoms in total. The molecule has 166 valence electrons. The summed E-state index contributed by atoms with van der Waals surface area (Å²) in [4.78, 5) is 12.8. The standard InChI is InChI=1S/C23H27BrN2O4S/c1-15(2)13-30-21-10-5-16(24)12-20(21)22(27)26-23(31)25-17-6-8-18(9-7-17)29-14-19-4-3-11-28-19/h5-10,12,15,19H,3-4,11,13-14H2,1-2H3,(H2,25,26,27,31). The number of amides is 1. The van der Waals surface area contributed by atoms with Gasteiger partial charge in [0.1, 0.15) is 18.1 Å². The summed E-state index contributed by atoms with van der Waals surface area (Å²) in [5.41, 5.74) is 1.16. The Morgan fingerprint density at radius 3 is 2.68 bits per heavy atom. The monoisotopic (exact) mass is 506 g/mol. The van der Waals surface area contributed by atoms with Crippen LogP contribution in [0.15, 0.2) is 46.9 Å². The van der Waals surface area contributed by atoms with Gasteiger partial charge in [0.15, 0.2) is 5.11 Å². The average molecular weight is 507 g/mol. The lowest BCUT2D eigenvalue weighted by atomic mass is 10.2. The lowest BCUT2D eigenvalue weighted by molar-refractivity contribution is 0.0679. The molecule has 1 heterocycles. The molecule has 1 aliphatic heterocycles. The minimum absolute atomic E-state index is 0.174. The second-order valence-electron chi connectivity index (χ2n) is 7.72. The van der Waals surface area contributed by atoms with Crippen LogP contribution in [0.4, 0.5) is 5.69 Å². The first-order valence-corrected chi connectivity index (χ1v) is 11.5. The number of anilines is 1. The summed E-state index contributed by atoms with van der Waals surface area (Å²) < 4.78 is 17.9. The predicted octanol–water partition coefficient (Wildman–Crippen LogP) is 5.17. The molecule has 0 aliphatic carbocycles. The predicted molar refractivity (Wildman–Crippen MR) is 129 cm³/mol. The Balaban J connectivity index is 1.54. The van der Waals surface area contributed by atoms with Crippen molar-refractivity contribution in [1.29, 1.82) is 0 Å². The van der Waals surface area contributed by atoms with Crippen molar-refractivity contribution in [3.05, 3.63) is 52.5 Å². The van der Waals surface area contributed by atoms with E-state index in [-0.39, 0.29) is 17.1 Å². The van der Waals surface area contributed by atoms with Crippen LogP contribution in [-0.2, 0) is 4.74 Å². The van der Waals surface area contributed by atoms with Gasteiger partial charge in [-0.15, -0.1) is 0 Å². The van der Waals surface area contributed by atoms with Gasteiger partial charge in [0.2, 0.25) is 0 Å². The number of carbonyl (C=O) groups excluding carboxylic acids is 1. The van der Waals surface area contributed by atoms with E-state index < -0.39 is 0 Å². The summed E-state index contributed by atoms with van der Waals surface area (Å²) in [6.45, 7) is 5.99. The molecule has 0 aromatic heterocycles. The number of rotatable bonds is 8. The first-order valence-electron chi connectivity index (χ1n) is 10.3. The maximum absolute atomic E-state index is 12.8. The van der Waals surface area contributed by atoms with E-state index in [0.29, 0.717) is 30.4 Å². The summed E-state index contributed by atoms with van der Waals surface area (Å²) >= 11 is 8.71. The van der Waals surface area contributed by atoms with Crippen molar-refractivity contribution in [3.63, 3.8) is 0 Å². The maximum Gasteiger partial charge on any atom is 0.261 e. The number of hydrogen-bond acceptors (Lipinski definition) is 5. The molecule has 1 fully saturated rings. The van der Waals surface area contributed by atoms with Gasteiger partial charge in [0.25, 0.3) is 5.91 Å². The molecule has 1 saturated heterocycles. The second kappa shape index (κ2) is 11.5. The van der Waals surface area contributed by atoms with E-state index in [9.17, 15) is 4.79 Å². The van der Waals surface area contributed by atoms with Crippen molar-refractivity contribution in [2.24, 2.45) is 5.92 Å². The number of hydrogen-bond donors (Lipinski definition) is 2. The fourth-order valence-corrected chi connectivity index (χ4v) is 3.57. The van der Waals surface area contributed by atoms with Gasteiger partial charge in [0, 0.05) is 16.8 Å².